The molecule has 2 aromatic carbocycles. The topological polar surface area (TPSA) is 34.1 Å². The highest BCUT2D eigenvalue weighted by Gasteiger charge is 2.64. The molecular formula is C38H46O2. The van der Waals surface area contributed by atoms with Crippen LogP contribution in [-0.4, -0.2) is 11.6 Å². The lowest BCUT2D eigenvalue weighted by Crippen LogP contribution is -2.60. The van der Waals surface area contributed by atoms with E-state index in [1.54, 1.807) is 6.92 Å². The summed E-state index contributed by atoms with van der Waals surface area (Å²) in [4.78, 5) is 26.9. The molecule has 2 aromatic rings. The first-order valence-corrected chi connectivity index (χ1v) is 15.0. The molecule has 0 aromatic heterocycles. The summed E-state index contributed by atoms with van der Waals surface area (Å²) in [6.45, 7) is 28.3. The van der Waals surface area contributed by atoms with Gasteiger partial charge in [0, 0.05) is 0 Å². The second-order valence-corrected chi connectivity index (χ2v) is 14.3. The van der Waals surface area contributed by atoms with Crippen molar-refractivity contribution in [1.29, 1.82) is 0 Å². The van der Waals surface area contributed by atoms with E-state index in [-0.39, 0.29) is 28.3 Å². The molecule has 2 unspecified atom stereocenters. The molecule has 2 nitrogen and oxygen atoms in total. The zero-order valence-electron chi connectivity index (χ0n) is 26.0. The third kappa shape index (κ3) is 3.81. The predicted octanol–water partition coefficient (Wildman–Crippen LogP) is 9.45. The Kier molecular flexibility index (Phi) is 6.61. The molecule has 0 radical (unpaired) electrons. The van der Waals surface area contributed by atoms with E-state index in [9.17, 15) is 9.59 Å². The summed E-state index contributed by atoms with van der Waals surface area (Å²) in [6, 6.07) is 13.3. The molecule has 0 N–H and O–H groups in total. The summed E-state index contributed by atoms with van der Waals surface area (Å²) in [5.41, 5.74) is 11.0. The lowest BCUT2D eigenvalue weighted by atomic mass is 9.40. The summed E-state index contributed by atoms with van der Waals surface area (Å²) < 4.78 is 0. The number of carbonyl (C=O) groups excluding carboxylic acids is 2. The second kappa shape index (κ2) is 9.26. The van der Waals surface area contributed by atoms with Gasteiger partial charge in [0.1, 0.15) is 5.78 Å². The molecule has 3 aliphatic carbocycles. The van der Waals surface area contributed by atoms with Crippen LogP contribution in [0.5, 0.6) is 0 Å². The summed E-state index contributed by atoms with van der Waals surface area (Å²) >= 11 is 0. The van der Waals surface area contributed by atoms with E-state index in [1.165, 1.54) is 39.0 Å². The minimum absolute atomic E-state index is 0.00240. The molecule has 210 valence electrons. The van der Waals surface area contributed by atoms with Crippen molar-refractivity contribution in [2.45, 2.75) is 81.6 Å². The molecule has 0 amide bonds. The Bertz CT molecular complexity index is 1520. The third-order valence-electron chi connectivity index (χ3n) is 11.2. The van der Waals surface area contributed by atoms with Gasteiger partial charge in [-0.2, -0.15) is 0 Å². The number of aryl methyl sites for hydroxylation is 1. The van der Waals surface area contributed by atoms with Gasteiger partial charge in [-0.05, 0) is 126 Å². The zero-order valence-corrected chi connectivity index (χ0v) is 26.0. The molecule has 40 heavy (non-hydrogen) atoms. The Morgan fingerprint density at radius 3 is 2.38 bits per heavy atom. The van der Waals surface area contributed by atoms with Crippen LogP contribution in [0.2, 0.25) is 0 Å². The number of Topliss-reactive ketones (excluding diaryl/α,β-unsaturated/α-hetero) is 2. The lowest BCUT2D eigenvalue weighted by Gasteiger charge is -2.62. The molecule has 0 spiro atoms. The maximum Gasteiger partial charge on any atom is 0.154 e. The van der Waals surface area contributed by atoms with Crippen molar-refractivity contribution in [3.05, 3.63) is 83.0 Å². The van der Waals surface area contributed by atoms with Crippen LogP contribution in [0.4, 0.5) is 0 Å². The summed E-state index contributed by atoms with van der Waals surface area (Å²) in [5.74, 6) is 0.0252. The van der Waals surface area contributed by atoms with Crippen LogP contribution in [-0.2, 0) is 16.0 Å². The number of ketones is 2. The van der Waals surface area contributed by atoms with Gasteiger partial charge >= 0.3 is 0 Å². The van der Waals surface area contributed by atoms with E-state index in [2.05, 4.69) is 98.4 Å². The quantitative estimate of drug-likeness (QED) is 0.366. The fourth-order valence-electron chi connectivity index (χ4n) is 9.14. The molecule has 0 aliphatic heterocycles. The highest BCUT2D eigenvalue weighted by Crippen LogP contribution is 2.68. The molecule has 0 heterocycles. The van der Waals surface area contributed by atoms with E-state index in [0.717, 1.165) is 36.0 Å². The van der Waals surface area contributed by atoms with Crippen molar-refractivity contribution in [3.63, 3.8) is 0 Å². The highest BCUT2D eigenvalue weighted by atomic mass is 16.2. The fourth-order valence-corrected chi connectivity index (χ4v) is 9.14. The van der Waals surface area contributed by atoms with Crippen molar-refractivity contribution >= 4 is 22.7 Å². The first-order valence-electron chi connectivity index (χ1n) is 15.0. The Morgan fingerprint density at radius 1 is 1.07 bits per heavy atom. The van der Waals surface area contributed by atoms with Gasteiger partial charge in [-0.1, -0.05) is 83.7 Å². The molecule has 0 bridgehead atoms. The van der Waals surface area contributed by atoms with E-state index < -0.39 is 11.3 Å². The Morgan fingerprint density at radius 2 is 1.75 bits per heavy atom. The summed E-state index contributed by atoms with van der Waals surface area (Å²) in [7, 11) is 0. The number of carbonyl (C=O) groups is 2. The predicted molar refractivity (Wildman–Crippen MR) is 168 cm³/mol. The van der Waals surface area contributed by atoms with Gasteiger partial charge in [0.2, 0.25) is 0 Å². The average Bonchev–Trinajstić information content (AvgIpc) is 2.85. The van der Waals surface area contributed by atoms with E-state index in [0.29, 0.717) is 5.92 Å². The number of hydrogen-bond donors (Lipinski definition) is 0. The SMILES string of the molecule is C=C1C2=C(C)[C@@]3(C)C(=O)C(C(C)=O)C(C)C[C@@]3(C)C[C@@]2(C)Cc2c(-c3cccc(C(=C)C(C)C)c3)ccc(C)c21. The number of hydrogen-bond acceptors (Lipinski definition) is 2. The Hall–Kier alpha value is -3.00. The van der Waals surface area contributed by atoms with Crippen LogP contribution < -0.4 is 0 Å². The van der Waals surface area contributed by atoms with Gasteiger partial charge in [-0.3, -0.25) is 9.59 Å². The largest absolute Gasteiger partial charge is 0.299 e. The maximum absolute atomic E-state index is 14.2. The first-order chi connectivity index (χ1) is 18.6. The average molecular weight is 535 g/mol. The van der Waals surface area contributed by atoms with Gasteiger partial charge < -0.3 is 0 Å². The minimum atomic E-state index is -0.678. The molecule has 1 saturated carbocycles. The van der Waals surface area contributed by atoms with Gasteiger partial charge in [0.25, 0.3) is 0 Å². The molecule has 0 saturated heterocycles. The fraction of sp³-hybridized carbons (Fsp3) is 0.474. The van der Waals surface area contributed by atoms with Crippen LogP contribution in [0.15, 0.2) is 60.7 Å². The van der Waals surface area contributed by atoms with Crippen LogP contribution in [0.3, 0.4) is 0 Å². The molecule has 1 fully saturated rings. The summed E-state index contributed by atoms with van der Waals surface area (Å²) in [6.07, 6.45) is 2.68. The summed E-state index contributed by atoms with van der Waals surface area (Å²) in [5, 5.41) is 0. The first kappa shape index (κ1) is 28.5. The van der Waals surface area contributed by atoms with Crippen LogP contribution >= 0.6 is 0 Å². The Balaban J connectivity index is 1.72. The van der Waals surface area contributed by atoms with Crippen molar-refractivity contribution in [2.75, 3.05) is 0 Å². The van der Waals surface area contributed by atoms with E-state index in [4.69, 9.17) is 6.58 Å². The smallest absolute Gasteiger partial charge is 0.154 e. The van der Waals surface area contributed by atoms with Gasteiger partial charge in [0.15, 0.2) is 5.78 Å². The number of allylic oxidation sites excluding steroid dienone is 4. The zero-order chi connectivity index (χ0) is 29.5. The monoisotopic (exact) mass is 534 g/mol. The highest BCUT2D eigenvalue weighted by molar-refractivity contribution is 6.07. The molecule has 5 atom stereocenters. The molecule has 5 rings (SSSR count). The van der Waals surface area contributed by atoms with Crippen molar-refractivity contribution in [2.24, 2.45) is 34.0 Å². The van der Waals surface area contributed by atoms with Crippen molar-refractivity contribution in [3.8, 4) is 11.1 Å². The van der Waals surface area contributed by atoms with Gasteiger partial charge in [-0.15, -0.1) is 0 Å². The lowest BCUT2D eigenvalue weighted by molar-refractivity contribution is -0.154. The maximum atomic E-state index is 14.2. The minimum Gasteiger partial charge on any atom is -0.299 e. The van der Waals surface area contributed by atoms with Crippen LogP contribution in [0.25, 0.3) is 22.3 Å². The van der Waals surface area contributed by atoms with Crippen molar-refractivity contribution < 1.29 is 9.59 Å². The van der Waals surface area contributed by atoms with E-state index in [1.807, 2.05) is 0 Å². The molecular weight excluding hydrogens is 488 g/mol. The second-order valence-electron chi connectivity index (χ2n) is 14.3. The normalized spacial score (nSPS) is 31.6. The van der Waals surface area contributed by atoms with Crippen LogP contribution in [0.1, 0.15) is 90.5 Å². The van der Waals surface area contributed by atoms with Gasteiger partial charge in [0.05, 0.1) is 11.3 Å². The van der Waals surface area contributed by atoms with Crippen molar-refractivity contribution in [1.82, 2.24) is 0 Å². The standard InChI is InChI=1S/C38H46O2/c1-21(2)24(5)28-13-12-14-29(17-28)30-16-15-22(3)32-25(6)34-26(7)38(11)35(40)33(27(8)39)23(4)18-37(38,10)20-36(34,9)19-31(30)32/h12-17,21,23,33H,5-6,18-20H2,1-4,7-11H3/t23?,33?,36-,37+,38+/m1/s1. The number of fused-ring (bicyclic) bond motifs is 3. The number of benzene rings is 2. The Labute approximate surface area is 241 Å². The third-order valence-corrected chi connectivity index (χ3v) is 11.2. The number of rotatable bonds is 4. The molecule has 3 aliphatic rings. The van der Waals surface area contributed by atoms with E-state index >= 15 is 0 Å². The van der Waals surface area contributed by atoms with Crippen LogP contribution in [0, 0.1) is 40.9 Å². The molecule has 2 heteroatoms. The van der Waals surface area contributed by atoms with Gasteiger partial charge in [-0.25, -0.2) is 0 Å².